The number of thioether (sulfide) groups is 1. The zero-order valence-corrected chi connectivity index (χ0v) is 22.0. The molecule has 0 aromatic heterocycles. The van der Waals surface area contributed by atoms with Gasteiger partial charge in [0.2, 0.25) is 0 Å². The quantitative estimate of drug-likeness (QED) is 0.162. The van der Waals surface area contributed by atoms with Crippen LogP contribution in [0.5, 0.6) is 0 Å². The highest BCUT2D eigenvalue weighted by atomic mass is 32.2. The highest BCUT2D eigenvalue weighted by Crippen LogP contribution is 2.47. The molecular weight excluding hydrogens is 497 g/mol. The third-order valence-electron chi connectivity index (χ3n) is 5.75. The lowest BCUT2D eigenvalue weighted by molar-refractivity contribution is 0.482. The molecule has 0 bridgehead atoms. The van der Waals surface area contributed by atoms with Gasteiger partial charge < -0.3 is 10.2 Å². The van der Waals surface area contributed by atoms with Crippen LogP contribution in [0.1, 0.15) is 29.5 Å². The van der Waals surface area contributed by atoms with Crippen molar-refractivity contribution in [2.45, 2.75) is 19.4 Å². The molecule has 5 nitrogen and oxygen atoms in total. The minimum Gasteiger partial charge on any atom is -0.379 e. The molecule has 184 valence electrons. The number of thiol groups is 1. The third-order valence-corrected chi connectivity index (χ3v) is 8.00. The zero-order chi connectivity index (χ0) is 24.7. The van der Waals surface area contributed by atoms with E-state index in [1.807, 2.05) is 6.07 Å². The first kappa shape index (κ1) is 25.7. The summed E-state index contributed by atoms with van der Waals surface area (Å²) in [4.78, 5) is 2.36. The number of rotatable bonds is 11. The molecule has 2 N–H and O–H groups in total. The summed E-state index contributed by atoms with van der Waals surface area (Å²) in [6, 6.07) is 27.3. The Labute approximate surface area is 217 Å². The Kier molecular flexibility index (Phi) is 8.83. The van der Waals surface area contributed by atoms with E-state index in [1.54, 1.807) is 11.8 Å². The normalized spacial score (nSPS) is 12.7. The largest absolute Gasteiger partial charge is 0.379 e. The summed E-state index contributed by atoms with van der Waals surface area (Å²) < 4.78 is 31.5. The Bertz CT molecular complexity index is 1230. The van der Waals surface area contributed by atoms with Gasteiger partial charge in [-0.1, -0.05) is 66.7 Å². The molecule has 1 aliphatic heterocycles. The maximum Gasteiger partial charge on any atom is 0.264 e. The fourth-order valence-corrected chi connectivity index (χ4v) is 6.12. The highest BCUT2D eigenvalue weighted by molar-refractivity contribution is 8.03. The van der Waals surface area contributed by atoms with E-state index in [-0.39, 0.29) is 5.75 Å². The van der Waals surface area contributed by atoms with Crippen LogP contribution in [-0.4, -0.2) is 36.8 Å². The summed E-state index contributed by atoms with van der Waals surface area (Å²) in [5.41, 5.74) is 6.90. The Hall–Kier alpha value is -2.39. The van der Waals surface area contributed by atoms with E-state index in [0.29, 0.717) is 12.2 Å². The highest BCUT2D eigenvalue weighted by Gasteiger charge is 2.28. The molecule has 0 saturated heterocycles. The maximum atomic E-state index is 11.2. The number of hydrogen-bond acceptors (Lipinski definition) is 6. The first-order valence-electron chi connectivity index (χ1n) is 11.6. The van der Waals surface area contributed by atoms with E-state index in [1.165, 1.54) is 5.56 Å². The van der Waals surface area contributed by atoms with Crippen molar-refractivity contribution < 1.29 is 13.0 Å². The van der Waals surface area contributed by atoms with Crippen molar-refractivity contribution in [2.75, 3.05) is 28.7 Å². The summed E-state index contributed by atoms with van der Waals surface area (Å²) in [6.45, 7) is 1.53. The molecule has 3 aromatic rings. The van der Waals surface area contributed by atoms with Crippen molar-refractivity contribution >= 4 is 51.5 Å². The van der Waals surface area contributed by atoms with E-state index in [0.717, 1.165) is 58.4 Å². The molecule has 3 aromatic carbocycles. The molecule has 1 aliphatic rings. The van der Waals surface area contributed by atoms with E-state index >= 15 is 0 Å². The zero-order valence-electron chi connectivity index (χ0n) is 19.4. The fraction of sp³-hybridized carbons (Fsp3) is 0.259. The number of benzene rings is 3. The van der Waals surface area contributed by atoms with Crippen molar-refractivity contribution in [3.8, 4) is 0 Å². The summed E-state index contributed by atoms with van der Waals surface area (Å²) >= 11 is 5.95. The SMILES string of the molecule is O=S(=O)(O)CCCSC(NCCCS)=C1c2ccccc2N(Cc2ccccc2)c2ccccc21. The van der Waals surface area contributed by atoms with Gasteiger partial charge in [0.1, 0.15) is 0 Å². The average Bonchev–Trinajstić information content (AvgIpc) is 2.86. The van der Waals surface area contributed by atoms with Crippen LogP contribution in [0.2, 0.25) is 0 Å². The molecule has 8 heteroatoms. The lowest BCUT2D eigenvalue weighted by Gasteiger charge is -2.36. The predicted octanol–water partition coefficient (Wildman–Crippen LogP) is 5.98. The molecule has 35 heavy (non-hydrogen) atoms. The van der Waals surface area contributed by atoms with Gasteiger partial charge >= 0.3 is 0 Å². The second kappa shape index (κ2) is 12.0. The van der Waals surface area contributed by atoms with Crippen LogP contribution in [0.3, 0.4) is 0 Å². The van der Waals surface area contributed by atoms with Crippen molar-refractivity contribution in [1.82, 2.24) is 5.32 Å². The van der Waals surface area contributed by atoms with Gasteiger partial charge in [-0.3, -0.25) is 4.55 Å². The smallest absolute Gasteiger partial charge is 0.264 e. The molecule has 0 saturated carbocycles. The lowest BCUT2D eigenvalue weighted by Crippen LogP contribution is -2.24. The minimum atomic E-state index is -3.97. The summed E-state index contributed by atoms with van der Waals surface area (Å²) in [5.74, 6) is 1.11. The molecular formula is C27H30N2O3S3. The molecule has 0 amide bonds. The van der Waals surface area contributed by atoms with Crippen LogP contribution in [0, 0.1) is 0 Å². The molecule has 4 rings (SSSR count). The van der Waals surface area contributed by atoms with Crippen LogP contribution >= 0.6 is 24.4 Å². The topological polar surface area (TPSA) is 69.6 Å². The maximum absolute atomic E-state index is 11.2. The summed E-state index contributed by atoms with van der Waals surface area (Å²) in [5, 5.41) is 4.61. The second-order valence-electron chi connectivity index (χ2n) is 8.30. The summed E-state index contributed by atoms with van der Waals surface area (Å²) in [7, 11) is -3.97. The van der Waals surface area contributed by atoms with Gasteiger partial charge in [-0.05, 0) is 36.3 Å². The van der Waals surface area contributed by atoms with E-state index in [2.05, 4.69) is 95.6 Å². The van der Waals surface area contributed by atoms with Gasteiger partial charge in [-0.15, -0.1) is 11.8 Å². The number of fused-ring (bicyclic) bond motifs is 2. The number of nitrogens with one attached hydrogen (secondary N) is 1. The molecule has 0 atom stereocenters. The average molecular weight is 527 g/mol. The van der Waals surface area contributed by atoms with Crippen molar-refractivity contribution in [1.29, 1.82) is 0 Å². The van der Waals surface area contributed by atoms with E-state index in [9.17, 15) is 8.42 Å². The van der Waals surface area contributed by atoms with Gasteiger partial charge in [0.15, 0.2) is 0 Å². The van der Waals surface area contributed by atoms with Gasteiger partial charge in [0.05, 0.1) is 10.8 Å². The number of anilines is 2. The Balaban J connectivity index is 1.77. The Morgan fingerprint density at radius 3 is 2.09 bits per heavy atom. The number of hydrogen-bond donors (Lipinski definition) is 3. The standard InChI is InChI=1S/C27H30N2O3S3/c30-35(31,32)19-9-18-34-27(28-16-8-17-33)26-22-12-4-6-14-24(22)29(20-21-10-2-1-3-11-21)25-15-7-5-13-23(25)26/h1-7,10-15,28,33H,8-9,16-20H2,(H,30,31,32). The molecule has 0 aliphatic carbocycles. The van der Waals surface area contributed by atoms with Crippen molar-refractivity contribution in [3.63, 3.8) is 0 Å². The van der Waals surface area contributed by atoms with Crippen LogP contribution in [-0.2, 0) is 16.7 Å². The van der Waals surface area contributed by atoms with Gasteiger partial charge in [0, 0.05) is 46.9 Å². The van der Waals surface area contributed by atoms with Crippen molar-refractivity contribution in [2.24, 2.45) is 0 Å². The Morgan fingerprint density at radius 1 is 0.886 bits per heavy atom. The monoisotopic (exact) mass is 526 g/mol. The van der Waals surface area contributed by atoms with Crippen LogP contribution in [0.25, 0.3) is 5.57 Å². The van der Waals surface area contributed by atoms with Gasteiger partial charge in [0.25, 0.3) is 10.1 Å². The van der Waals surface area contributed by atoms with Gasteiger partial charge in [-0.2, -0.15) is 21.0 Å². The van der Waals surface area contributed by atoms with Crippen LogP contribution < -0.4 is 10.2 Å². The minimum absolute atomic E-state index is 0.239. The number of nitrogens with zero attached hydrogens (tertiary/aromatic N) is 1. The molecule has 0 fully saturated rings. The molecule has 0 spiro atoms. The second-order valence-corrected chi connectivity index (χ2v) is 11.4. The third kappa shape index (κ3) is 6.64. The molecule has 0 unspecified atom stereocenters. The fourth-order valence-electron chi connectivity index (χ4n) is 4.20. The predicted molar refractivity (Wildman–Crippen MR) is 151 cm³/mol. The number of para-hydroxylation sites is 2. The first-order valence-corrected chi connectivity index (χ1v) is 14.9. The van der Waals surface area contributed by atoms with E-state index in [4.69, 9.17) is 4.55 Å². The molecule has 1 heterocycles. The molecule has 0 radical (unpaired) electrons. The van der Waals surface area contributed by atoms with E-state index < -0.39 is 10.1 Å². The lowest BCUT2D eigenvalue weighted by atomic mass is 9.90. The first-order chi connectivity index (χ1) is 17.0. The van der Waals surface area contributed by atoms with Crippen LogP contribution in [0.15, 0.2) is 83.9 Å². The van der Waals surface area contributed by atoms with Crippen molar-refractivity contribution in [3.05, 3.63) is 101 Å². The van der Waals surface area contributed by atoms with Gasteiger partial charge in [-0.25, -0.2) is 0 Å². The Morgan fingerprint density at radius 2 is 1.49 bits per heavy atom. The summed E-state index contributed by atoms with van der Waals surface area (Å²) in [6.07, 6.45) is 1.28. The van der Waals surface area contributed by atoms with Crippen LogP contribution in [0.4, 0.5) is 11.4 Å².